The number of rotatable bonds is 3. The second-order valence-electron chi connectivity index (χ2n) is 5.23. The summed E-state index contributed by atoms with van der Waals surface area (Å²) in [6.07, 6.45) is 2.07. The first-order chi connectivity index (χ1) is 7.33. The van der Waals surface area contributed by atoms with E-state index in [0.717, 1.165) is 16.9 Å². The monoisotopic (exact) mass is 222 g/mol. The smallest absolute Gasteiger partial charge is 0.126 e. The number of nitrogens with zero attached hydrogens (tertiary/aromatic N) is 1. The molecule has 0 aliphatic carbocycles. The van der Waals surface area contributed by atoms with Crippen molar-refractivity contribution in [2.45, 2.75) is 52.7 Å². The minimum Gasteiger partial charge on any atom is -0.388 e. The van der Waals surface area contributed by atoms with Gasteiger partial charge in [-0.15, -0.1) is 0 Å². The van der Waals surface area contributed by atoms with Gasteiger partial charge < -0.3 is 10.4 Å². The maximum atomic E-state index is 9.77. The van der Waals surface area contributed by atoms with E-state index in [4.69, 9.17) is 0 Å². The SMILES string of the molecule is CC[C@H](O)c1cnc(NC(C)(C)C)cc1C. The number of hydrogen-bond donors (Lipinski definition) is 2. The maximum absolute atomic E-state index is 9.77. The van der Waals surface area contributed by atoms with Crippen LogP contribution in [0.3, 0.4) is 0 Å². The molecule has 2 N–H and O–H groups in total. The predicted molar refractivity (Wildman–Crippen MR) is 67.6 cm³/mol. The number of nitrogens with one attached hydrogen (secondary N) is 1. The highest BCUT2D eigenvalue weighted by atomic mass is 16.3. The van der Waals surface area contributed by atoms with Crippen LogP contribution in [0.15, 0.2) is 12.3 Å². The molecule has 1 rings (SSSR count). The standard InChI is InChI=1S/C13H22N2O/c1-6-11(16)10-8-14-12(7-9(10)2)15-13(3,4)5/h7-8,11,16H,6H2,1-5H3,(H,14,15)/t11-/m0/s1. The first kappa shape index (κ1) is 13.0. The van der Waals surface area contributed by atoms with Gasteiger partial charge in [-0.25, -0.2) is 4.98 Å². The molecule has 90 valence electrons. The van der Waals surface area contributed by atoms with Gasteiger partial charge in [0.05, 0.1) is 6.10 Å². The van der Waals surface area contributed by atoms with Gasteiger partial charge in [-0.2, -0.15) is 0 Å². The van der Waals surface area contributed by atoms with E-state index >= 15 is 0 Å². The number of anilines is 1. The molecule has 0 unspecified atom stereocenters. The summed E-state index contributed by atoms with van der Waals surface area (Å²) in [7, 11) is 0. The summed E-state index contributed by atoms with van der Waals surface area (Å²) >= 11 is 0. The minimum atomic E-state index is -0.406. The van der Waals surface area contributed by atoms with Crippen molar-refractivity contribution in [3.63, 3.8) is 0 Å². The van der Waals surface area contributed by atoms with Gasteiger partial charge in [0.25, 0.3) is 0 Å². The Balaban J connectivity index is 2.91. The van der Waals surface area contributed by atoms with Crippen molar-refractivity contribution in [1.82, 2.24) is 4.98 Å². The molecule has 0 aromatic carbocycles. The van der Waals surface area contributed by atoms with Crippen molar-refractivity contribution in [2.24, 2.45) is 0 Å². The summed E-state index contributed by atoms with van der Waals surface area (Å²) in [5.74, 6) is 0.858. The zero-order valence-electron chi connectivity index (χ0n) is 10.8. The lowest BCUT2D eigenvalue weighted by atomic mass is 10.0. The van der Waals surface area contributed by atoms with Gasteiger partial charge in [0, 0.05) is 17.3 Å². The van der Waals surface area contributed by atoms with Crippen molar-refractivity contribution in [3.05, 3.63) is 23.4 Å². The van der Waals surface area contributed by atoms with Gasteiger partial charge in [0.2, 0.25) is 0 Å². The second-order valence-corrected chi connectivity index (χ2v) is 5.23. The Morgan fingerprint density at radius 1 is 1.44 bits per heavy atom. The zero-order valence-corrected chi connectivity index (χ0v) is 10.8. The molecule has 1 atom stereocenters. The molecule has 0 fully saturated rings. The molecule has 0 aliphatic rings. The maximum Gasteiger partial charge on any atom is 0.126 e. The summed E-state index contributed by atoms with van der Waals surface area (Å²) in [4.78, 5) is 4.32. The Kier molecular flexibility index (Phi) is 3.92. The largest absolute Gasteiger partial charge is 0.388 e. The Bertz CT molecular complexity index is 355. The molecule has 0 aliphatic heterocycles. The number of aromatic nitrogens is 1. The van der Waals surface area contributed by atoms with E-state index in [9.17, 15) is 5.11 Å². The zero-order chi connectivity index (χ0) is 12.3. The van der Waals surface area contributed by atoms with Crippen LogP contribution in [-0.2, 0) is 0 Å². The third-order valence-electron chi connectivity index (χ3n) is 2.40. The highest BCUT2D eigenvalue weighted by molar-refractivity contribution is 5.42. The van der Waals surface area contributed by atoms with Gasteiger partial charge in [-0.05, 0) is 45.7 Å². The molecule has 0 spiro atoms. The van der Waals surface area contributed by atoms with E-state index in [1.165, 1.54) is 0 Å². The number of hydrogen-bond acceptors (Lipinski definition) is 3. The Labute approximate surface area is 97.9 Å². The Morgan fingerprint density at radius 2 is 2.06 bits per heavy atom. The highest BCUT2D eigenvalue weighted by Crippen LogP contribution is 2.22. The van der Waals surface area contributed by atoms with Crippen molar-refractivity contribution >= 4 is 5.82 Å². The third kappa shape index (κ3) is 3.49. The van der Waals surface area contributed by atoms with Gasteiger partial charge >= 0.3 is 0 Å². The molecular formula is C13H22N2O. The quantitative estimate of drug-likeness (QED) is 0.826. The molecule has 0 radical (unpaired) electrons. The molecule has 1 heterocycles. The number of aliphatic hydroxyl groups excluding tert-OH is 1. The van der Waals surface area contributed by atoms with Crippen molar-refractivity contribution in [1.29, 1.82) is 0 Å². The highest BCUT2D eigenvalue weighted by Gasteiger charge is 2.13. The summed E-state index contributed by atoms with van der Waals surface area (Å²) in [6.45, 7) is 10.3. The number of aryl methyl sites for hydroxylation is 1. The van der Waals surface area contributed by atoms with Gasteiger partial charge in [-0.1, -0.05) is 6.92 Å². The summed E-state index contributed by atoms with van der Waals surface area (Å²) < 4.78 is 0. The fourth-order valence-corrected chi connectivity index (χ4v) is 1.59. The van der Waals surface area contributed by atoms with Crippen LogP contribution >= 0.6 is 0 Å². The van der Waals surface area contributed by atoms with E-state index in [2.05, 4.69) is 31.1 Å². The molecule has 3 nitrogen and oxygen atoms in total. The van der Waals surface area contributed by atoms with Crippen molar-refractivity contribution in [2.75, 3.05) is 5.32 Å². The fraction of sp³-hybridized carbons (Fsp3) is 0.615. The molecule has 1 aromatic rings. The van der Waals surface area contributed by atoms with Crippen LogP contribution in [0.5, 0.6) is 0 Å². The average Bonchev–Trinajstić information content (AvgIpc) is 2.14. The van der Waals surface area contributed by atoms with Crippen LogP contribution in [0.25, 0.3) is 0 Å². The lowest BCUT2D eigenvalue weighted by Gasteiger charge is -2.22. The van der Waals surface area contributed by atoms with Crippen LogP contribution in [0.2, 0.25) is 0 Å². The first-order valence-corrected chi connectivity index (χ1v) is 5.76. The van der Waals surface area contributed by atoms with Crippen LogP contribution in [0.1, 0.15) is 51.3 Å². The van der Waals surface area contributed by atoms with Gasteiger partial charge in [0.15, 0.2) is 0 Å². The molecule has 0 bridgehead atoms. The summed E-state index contributed by atoms with van der Waals surface area (Å²) in [5, 5.41) is 13.1. The molecule has 1 aromatic heterocycles. The van der Waals surface area contributed by atoms with Gasteiger partial charge in [0.1, 0.15) is 5.82 Å². The first-order valence-electron chi connectivity index (χ1n) is 5.76. The minimum absolute atomic E-state index is 0.00429. The molecular weight excluding hydrogens is 200 g/mol. The molecule has 3 heteroatoms. The van der Waals surface area contributed by atoms with E-state index in [0.29, 0.717) is 6.42 Å². The lowest BCUT2D eigenvalue weighted by Crippen LogP contribution is -2.26. The lowest BCUT2D eigenvalue weighted by molar-refractivity contribution is 0.172. The summed E-state index contributed by atoms with van der Waals surface area (Å²) in [5.41, 5.74) is 2.00. The molecule has 0 saturated heterocycles. The number of pyridine rings is 1. The summed E-state index contributed by atoms with van der Waals surface area (Å²) in [6, 6.07) is 1.99. The second kappa shape index (κ2) is 4.83. The van der Waals surface area contributed by atoms with E-state index in [-0.39, 0.29) is 5.54 Å². The molecule has 16 heavy (non-hydrogen) atoms. The molecule has 0 amide bonds. The Hall–Kier alpha value is -1.09. The normalized spacial score (nSPS) is 13.6. The van der Waals surface area contributed by atoms with Crippen LogP contribution in [-0.4, -0.2) is 15.6 Å². The van der Waals surface area contributed by atoms with Crippen molar-refractivity contribution in [3.8, 4) is 0 Å². The predicted octanol–water partition coefficient (Wildman–Crippen LogP) is 3.04. The average molecular weight is 222 g/mol. The molecule has 0 saturated carbocycles. The van der Waals surface area contributed by atoms with Crippen molar-refractivity contribution < 1.29 is 5.11 Å². The van der Waals surface area contributed by atoms with E-state index in [1.54, 1.807) is 6.20 Å². The van der Waals surface area contributed by atoms with Crippen LogP contribution in [0.4, 0.5) is 5.82 Å². The Morgan fingerprint density at radius 3 is 2.50 bits per heavy atom. The topological polar surface area (TPSA) is 45.2 Å². The van der Waals surface area contributed by atoms with E-state index in [1.807, 2.05) is 19.9 Å². The third-order valence-corrected chi connectivity index (χ3v) is 2.40. The van der Waals surface area contributed by atoms with Crippen LogP contribution in [0, 0.1) is 6.92 Å². The van der Waals surface area contributed by atoms with Crippen LogP contribution < -0.4 is 5.32 Å². The van der Waals surface area contributed by atoms with E-state index < -0.39 is 6.10 Å². The fourth-order valence-electron chi connectivity index (χ4n) is 1.59. The number of aliphatic hydroxyl groups is 1. The van der Waals surface area contributed by atoms with Gasteiger partial charge in [-0.3, -0.25) is 0 Å².